The molecule has 0 radical (unpaired) electrons. The van der Waals surface area contributed by atoms with Crippen LogP contribution in [0.5, 0.6) is 0 Å². The maximum atomic E-state index is 11.4. The smallest absolute Gasteiger partial charge is 0.407 e. The molecule has 0 spiro atoms. The summed E-state index contributed by atoms with van der Waals surface area (Å²) < 4.78 is 5.12. The Balaban J connectivity index is 3.57. The predicted molar refractivity (Wildman–Crippen MR) is 77.7 cm³/mol. The van der Waals surface area contributed by atoms with Crippen LogP contribution in [0.4, 0.5) is 4.79 Å². The Morgan fingerprint density at radius 1 is 1.30 bits per heavy atom. The molecule has 20 heavy (non-hydrogen) atoms. The van der Waals surface area contributed by atoms with E-state index in [0.29, 0.717) is 13.1 Å². The third kappa shape index (κ3) is 12.9. The van der Waals surface area contributed by atoms with Gasteiger partial charge in [-0.25, -0.2) is 9.59 Å². The molecule has 0 saturated heterocycles. The number of carbonyl (C=O) groups is 2. The number of hydrogen-bond donors (Lipinski definition) is 2. The van der Waals surface area contributed by atoms with Crippen molar-refractivity contribution in [3.63, 3.8) is 0 Å². The van der Waals surface area contributed by atoms with Crippen LogP contribution in [0.1, 0.15) is 33.6 Å². The predicted octanol–water partition coefficient (Wildman–Crippen LogP) is 1.86. The highest BCUT2D eigenvalue weighted by molar-refractivity contribution is 5.79. The SMILES string of the molecule is CN(C/C=C/C(=O)O)CCCCNC(=O)OC(C)(C)C. The van der Waals surface area contributed by atoms with E-state index < -0.39 is 17.7 Å². The van der Waals surface area contributed by atoms with Crippen LogP contribution in [0, 0.1) is 0 Å². The van der Waals surface area contributed by atoms with E-state index >= 15 is 0 Å². The van der Waals surface area contributed by atoms with Gasteiger partial charge in [0.1, 0.15) is 5.60 Å². The molecular weight excluding hydrogens is 260 g/mol. The number of alkyl carbamates (subject to hydrolysis) is 1. The normalized spacial score (nSPS) is 11.8. The fourth-order valence-electron chi connectivity index (χ4n) is 1.44. The first-order chi connectivity index (χ1) is 9.20. The number of carboxylic acids is 1. The molecule has 0 aliphatic rings. The summed E-state index contributed by atoms with van der Waals surface area (Å²) in [5, 5.41) is 11.1. The molecular formula is C14H26N2O4. The van der Waals surface area contributed by atoms with Gasteiger partial charge < -0.3 is 20.1 Å². The van der Waals surface area contributed by atoms with E-state index in [1.807, 2.05) is 32.7 Å². The number of likely N-dealkylation sites (N-methyl/N-ethyl adjacent to an activating group) is 1. The number of carbonyl (C=O) groups excluding carboxylic acids is 1. The van der Waals surface area contributed by atoms with E-state index in [1.54, 1.807) is 6.08 Å². The molecule has 0 bridgehead atoms. The largest absolute Gasteiger partial charge is 0.478 e. The Morgan fingerprint density at radius 2 is 1.95 bits per heavy atom. The average molecular weight is 286 g/mol. The topological polar surface area (TPSA) is 78.9 Å². The van der Waals surface area contributed by atoms with Gasteiger partial charge in [-0.05, 0) is 47.2 Å². The molecule has 2 N–H and O–H groups in total. The fraction of sp³-hybridized carbons (Fsp3) is 0.714. The van der Waals surface area contributed by atoms with Gasteiger partial charge in [-0.1, -0.05) is 6.08 Å². The second-order valence-electron chi connectivity index (χ2n) is 5.64. The van der Waals surface area contributed by atoms with E-state index in [-0.39, 0.29) is 0 Å². The van der Waals surface area contributed by atoms with Crippen LogP contribution in [0.15, 0.2) is 12.2 Å². The summed E-state index contributed by atoms with van der Waals surface area (Å²) in [6.45, 7) is 7.50. The second-order valence-corrected chi connectivity index (χ2v) is 5.64. The van der Waals surface area contributed by atoms with Gasteiger partial charge in [0, 0.05) is 19.2 Å². The molecule has 0 aliphatic heterocycles. The molecule has 0 rings (SSSR count). The van der Waals surface area contributed by atoms with Crippen LogP contribution in [0.25, 0.3) is 0 Å². The summed E-state index contributed by atoms with van der Waals surface area (Å²) in [4.78, 5) is 23.7. The van der Waals surface area contributed by atoms with Crippen molar-refractivity contribution in [1.82, 2.24) is 10.2 Å². The molecule has 0 atom stereocenters. The lowest BCUT2D eigenvalue weighted by atomic mass is 10.2. The molecule has 0 aromatic rings. The summed E-state index contributed by atoms with van der Waals surface area (Å²) in [5.74, 6) is -0.931. The van der Waals surface area contributed by atoms with Gasteiger partial charge in [-0.3, -0.25) is 0 Å². The highest BCUT2D eigenvalue weighted by atomic mass is 16.6. The zero-order chi connectivity index (χ0) is 15.6. The van der Waals surface area contributed by atoms with Crippen molar-refractivity contribution in [2.75, 3.05) is 26.7 Å². The van der Waals surface area contributed by atoms with Crippen molar-refractivity contribution in [2.24, 2.45) is 0 Å². The van der Waals surface area contributed by atoms with Crippen LogP contribution in [0.3, 0.4) is 0 Å². The molecule has 116 valence electrons. The number of rotatable bonds is 8. The van der Waals surface area contributed by atoms with Crippen LogP contribution in [0.2, 0.25) is 0 Å². The molecule has 0 aromatic heterocycles. The Labute approximate surface area is 120 Å². The second kappa shape index (κ2) is 9.36. The van der Waals surface area contributed by atoms with Crippen molar-refractivity contribution in [3.8, 4) is 0 Å². The zero-order valence-electron chi connectivity index (χ0n) is 12.8. The lowest BCUT2D eigenvalue weighted by molar-refractivity contribution is -0.131. The minimum absolute atomic E-state index is 0.393. The van der Waals surface area contributed by atoms with Gasteiger partial charge >= 0.3 is 12.1 Å². The van der Waals surface area contributed by atoms with Crippen LogP contribution in [-0.2, 0) is 9.53 Å². The number of carboxylic acid groups (broad SMARTS) is 1. The van der Waals surface area contributed by atoms with Gasteiger partial charge in [0.05, 0.1) is 0 Å². The van der Waals surface area contributed by atoms with Crippen molar-refractivity contribution in [3.05, 3.63) is 12.2 Å². The maximum Gasteiger partial charge on any atom is 0.407 e. The van der Waals surface area contributed by atoms with Crippen LogP contribution < -0.4 is 5.32 Å². The zero-order valence-corrected chi connectivity index (χ0v) is 12.8. The third-order valence-corrected chi connectivity index (χ3v) is 2.31. The minimum Gasteiger partial charge on any atom is -0.478 e. The molecule has 0 heterocycles. The van der Waals surface area contributed by atoms with Crippen LogP contribution >= 0.6 is 0 Å². The van der Waals surface area contributed by atoms with Gasteiger partial charge in [0.2, 0.25) is 0 Å². The summed E-state index contributed by atoms with van der Waals surface area (Å²) in [5.41, 5.74) is -0.471. The number of aliphatic carboxylic acids is 1. The van der Waals surface area contributed by atoms with E-state index in [9.17, 15) is 9.59 Å². The average Bonchev–Trinajstić information content (AvgIpc) is 2.25. The number of nitrogens with zero attached hydrogens (tertiary/aromatic N) is 1. The standard InChI is InChI=1S/C14H26N2O4/c1-14(2,3)20-13(19)15-9-5-6-10-16(4)11-7-8-12(17)18/h7-8H,5-6,9-11H2,1-4H3,(H,15,19)(H,17,18)/b8-7+. The van der Waals surface area contributed by atoms with Gasteiger partial charge in [-0.2, -0.15) is 0 Å². The summed E-state index contributed by atoms with van der Waals surface area (Å²) >= 11 is 0. The highest BCUT2D eigenvalue weighted by Gasteiger charge is 2.15. The minimum atomic E-state index is -0.931. The number of amides is 1. The quantitative estimate of drug-likeness (QED) is 0.526. The lowest BCUT2D eigenvalue weighted by Crippen LogP contribution is -2.33. The highest BCUT2D eigenvalue weighted by Crippen LogP contribution is 2.06. The van der Waals surface area contributed by atoms with Gasteiger partial charge in [0.25, 0.3) is 0 Å². The summed E-state index contributed by atoms with van der Waals surface area (Å²) in [7, 11) is 1.92. The van der Waals surface area contributed by atoms with Crippen LogP contribution in [-0.4, -0.2) is 54.4 Å². The first-order valence-corrected chi connectivity index (χ1v) is 6.75. The van der Waals surface area contributed by atoms with Crippen molar-refractivity contribution < 1.29 is 19.4 Å². The van der Waals surface area contributed by atoms with E-state index in [1.165, 1.54) is 0 Å². The molecule has 0 saturated carbocycles. The molecule has 1 amide bonds. The summed E-state index contributed by atoms with van der Waals surface area (Å²) in [6, 6.07) is 0. The first kappa shape index (κ1) is 18.4. The number of nitrogens with one attached hydrogen (secondary N) is 1. The molecule has 0 unspecified atom stereocenters. The van der Waals surface area contributed by atoms with Gasteiger partial charge in [0.15, 0.2) is 0 Å². The Kier molecular flexibility index (Phi) is 8.63. The first-order valence-electron chi connectivity index (χ1n) is 6.75. The maximum absolute atomic E-state index is 11.4. The van der Waals surface area contributed by atoms with E-state index in [4.69, 9.17) is 9.84 Å². The molecule has 0 aliphatic carbocycles. The molecule has 6 nitrogen and oxygen atoms in total. The third-order valence-electron chi connectivity index (χ3n) is 2.31. The Morgan fingerprint density at radius 3 is 2.50 bits per heavy atom. The van der Waals surface area contributed by atoms with Crippen molar-refractivity contribution >= 4 is 12.1 Å². The number of hydrogen-bond acceptors (Lipinski definition) is 4. The summed E-state index contributed by atoms with van der Waals surface area (Å²) in [6.07, 6.45) is 4.14. The molecule has 0 fully saturated rings. The lowest BCUT2D eigenvalue weighted by Gasteiger charge is -2.19. The number of ether oxygens (including phenoxy) is 1. The fourth-order valence-corrected chi connectivity index (χ4v) is 1.44. The van der Waals surface area contributed by atoms with Crippen molar-refractivity contribution in [1.29, 1.82) is 0 Å². The van der Waals surface area contributed by atoms with Crippen molar-refractivity contribution in [2.45, 2.75) is 39.2 Å². The monoisotopic (exact) mass is 286 g/mol. The molecule has 6 heteroatoms. The van der Waals surface area contributed by atoms with E-state index in [2.05, 4.69) is 5.32 Å². The van der Waals surface area contributed by atoms with E-state index in [0.717, 1.165) is 25.5 Å². The number of unbranched alkanes of at least 4 members (excludes halogenated alkanes) is 1. The van der Waals surface area contributed by atoms with Gasteiger partial charge in [-0.15, -0.1) is 0 Å². The Bertz CT molecular complexity index is 335. The molecule has 0 aromatic carbocycles. The Hall–Kier alpha value is -1.56.